The van der Waals surface area contributed by atoms with Gasteiger partial charge in [-0.1, -0.05) is 18.2 Å². The predicted octanol–water partition coefficient (Wildman–Crippen LogP) is 5.45. The van der Waals surface area contributed by atoms with E-state index in [0.717, 1.165) is 29.2 Å². The molecule has 0 radical (unpaired) electrons. The van der Waals surface area contributed by atoms with Crippen LogP contribution < -0.4 is 5.32 Å². The van der Waals surface area contributed by atoms with E-state index in [1.807, 2.05) is 43.3 Å². The van der Waals surface area contributed by atoms with Gasteiger partial charge in [0.25, 0.3) is 0 Å². The smallest absolute Gasteiger partial charge is 0.226 e. The van der Waals surface area contributed by atoms with Gasteiger partial charge in [-0.2, -0.15) is 0 Å². The Morgan fingerprint density at radius 2 is 1.84 bits per heavy atom. The maximum atomic E-state index is 6.07. The highest BCUT2D eigenvalue weighted by molar-refractivity contribution is 5.62. The number of hydrogen-bond acceptors (Lipinski definition) is 6. The van der Waals surface area contributed by atoms with Crippen molar-refractivity contribution in [2.75, 3.05) is 18.4 Å². The molecule has 4 aromatic rings. The number of nitrogens with zero attached hydrogens (tertiary/aromatic N) is 4. The largest absolute Gasteiger partial charge is 0.434 e. The molecule has 6 heteroatoms. The van der Waals surface area contributed by atoms with Crippen molar-refractivity contribution in [2.24, 2.45) is 0 Å². The SMILES string of the molecule is Cc1ccnc(Nc2cccc(-c3cnc(-c4cccc(CN5CCCC5)c4)o3)n2)c1. The summed E-state index contributed by atoms with van der Waals surface area (Å²) in [7, 11) is 0. The van der Waals surface area contributed by atoms with Crippen LogP contribution in [0.15, 0.2) is 71.4 Å². The summed E-state index contributed by atoms with van der Waals surface area (Å²) < 4.78 is 6.07. The Morgan fingerprint density at radius 3 is 2.71 bits per heavy atom. The highest BCUT2D eigenvalue weighted by atomic mass is 16.4. The zero-order valence-corrected chi connectivity index (χ0v) is 17.6. The van der Waals surface area contributed by atoms with Crippen molar-refractivity contribution in [2.45, 2.75) is 26.3 Å². The normalized spacial score (nSPS) is 14.1. The van der Waals surface area contributed by atoms with Gasteiger partial charge in [-0.05, 0) is 80.4 Å². The van der Waals surface area contributed by atoms with Gasteiger partial charge in [0.1, 0.15) is 17.3 Å². The zero-order valence-electron chi connectivity index (χ0n) is 17.6. The van der Waals surface area contributed by atoms with Crippen molar-refractivity contribution >= 4 is 11.6 Å². The van der Waals surface area contributed by atoms with E-state index in [2.05, 4.69) is 43.4 Å². The molecule has 1 fully saturated rings. The van der Waals surface area contributed by atoms with Crippen LogP contribution in [0.1, 0.15) is 24.0 Å². The van der Waals surface area contributed by atoms with E-state index in [4.69, 9.17) is 4.42 Å². The molecule has 0 spiro atoms. The highest BCUT2D eigenvalue weighted by Crippen LogP contribution is 2.27. The van der Waals surface area contributed by atoms with Crippen LogP contribution >= 0.6 is 0 Å². The second kappa shape index (κ2) is 8.70. The van der Waals surface area contributed by atoms with E-state index in [1.165, 1.54) is 31.5 Å². The van der Waals surface area contributed by atoms with Crippen molar-refractivity contribution in [3.63, 3.8) is 0 Å². The third kappa shape index (κ3) is 4.64. The van der Waals surface area contributed by atoms with Crippen LogP contribution in [0.3, 0.4) is 0 Å². The van der Waals surface area contributed by atoms with Crippen LogP contribution in [0.5, 0.6) is 0 Å². The summed E-state index contributed by atoms with van der Waals surface area (Å²) in [5, 5.41) is 3.25. The summed E-state index contributed by atoms with van der Waals surface area (Å²) in [6.07, 6.45) is 6.11. The quantitative estimate of drug-likeness (QED) is 0.455. The molecule has 6 nitrogen and oxygen atoms in total. The first-order valence-corrected chi connectivity index (χ1v) is 10.7. The Morgan fingerprint density at radius 1 is 0.968 bits per heavy atom. The monoisotopic (exact) mass is 411 g/mol. The number of hydrogen-bond donors (Lipinski definition) is 1. The molecular formula is C25H25N5O. The van der Waals surface area contributed by atoms with Gasteiger partial charge in [0.15, 0.2) is 5.76 Å². The molecule has 0 unspecified atom stereocenters. The number of aryl methyl sites for hydroxylation is 1. The molecule has 5 rings (SSSR count). The molecule has 1 aromatic carbocycles. The second-order valence-corrected chi connectivity index (χ2v) is 7.96. The first-order chi connectivity index (χ1) is 15.2. The average molecular weight is 412 g/mol. The minimum absolute atomic E-state index is 0.610. The molecule has 1 saturated heterocycles. The Balaban J connectivity index is 1.35. The topological polar surface area (TPSA) is 67.1 Å². The van der Waals surface area contributed by atoms with Gasteiger partial charge < -0.3 is 9.73 Å². The van der Waals surface area contributed by atoms with E-state index < -0.39 is 0 Å². The molecule has 0 atom stereocenters. The molecule has 0 saturated carbocycles. The molecular weight excluding hydrogens is 386 g/mol. The molecule has 4 heterocycles. The molecule has 31 heavy (non-hydrogen) atoms. The lowest BCUT2D eigenvalue weighted by atomic mass is 10.1. The second-order valence-electron chi connectivity index (χ2n) is 7.96. The number of rotatable bonds is 6. The first-order valence-electron chi connectivity index (χ1n) is 10.7. The maximum absolute atomic E-state index is 6.07. The van der Waals surface area contributed by atoms with Crippen LogP contribution in [-0.4, -0.2) is 32.9 Å². The summed E-state index contributed by atoms with van der Waals surface area (Å²) in [5.74, 6) is 2.72. The van der Waals surface area contributed by atoms with Crippen molar-refractivity contribution < 1.29 is 4.42 Å². The van der Waals surface area contributed by atoms with Crippen molar-refractivity contribution in [3.8, 4) is 22.9 Å². The highest BCUT2D eigenvalue weighted by Gasteiger charge is 2.14. The third-order valence-corrected chi connectivity index (χ3v) is 5.46. The van der Waals surface area contributed by atoms with Crippen molar-refractivity contribution in [1.29, 1.82) is 0 Å². The van der Waals surface area contributed by atoms with Crippen LogP contribution in [0.4, 0.5) is 11.6 Å². The zero-order chi connectivity index (χ0) is 21.0. The molecule has 1 aliphatic rings. The van der Waals surface area contributed by atoms with Crippen LogP contribution in [0, 0.1) is 6.92 Å². The summed E-state index contributed by atoms with van der Waals surface area (Å²) in [6.45, 7) is 5.37. The summed E-state index contributed by atoms with van der Waals surface area (Å²) in [5.41, 5.74) is 4.14. The minimum atomic E-state index is 0.610. The summed E-state index contributed by atoms with van der Waals surface area (Å²) in [4.78, 5) is 16.0. The number of anilines is 2. The number of aromatic nitrogens is 3. The Labute approximate surface area is 182 Å². The van der Waals surface area contributed by atoms with Gasteiger partial charge in [0.05, 0.1) is 6.20 Å². The number of oxazole rings is 1. The molecule has 0 amide bonds. The predicted molar refractivity (Wildman–Crippen MR) is 122 cm³/mol. The van der Waals surface area contributed by atoms with Gasteiger partial charge in [-0.3, -0.25) is 4.90 Å². The molecule has 0 aliphatic carbocycles. The molecule has 1 aliphatic heterocycles. The number of pyridine rings is 2. The maximum Gasteiger partial charge on any atom is 0.226 e. The van der Waals surface area contributed by atoms with E-state index in [-0.39, 0.29) is 0 Å². The van der Waals surface area contributed by atoms with Crippen molar-refractivity contribution in [3.05, 3.63) is 78.1 Å². The number of nitrogens with one attached hydrogen (secondary N) is 1. The Hall–Kier alpha value is -3.51. The molecule has 156 valence electrons. The number of likely N-dealkylation sites (tertiary alicyclic amines) is 1. The minimum Gasteiger partial charge on any atom is -0.434 e. The van der Waals surface area contributed by atoms with Gasteiger partial charge >= 0.3 is 0 Å². The Bertz CT molecular complexity index is 1180. The van der Waals surface area contributed by atoms with Crippen LogP contribution in [-0.2, 0) is 6.54 Å². The van der Waals surface area contributed by atoms with Gasteiger partial charge in [0, 0.05) is 18.3 Å². The lowest BCUT2D eigenvalue weighted by Crippen LogP contribution is -2.18. The van der Waals surface area contributed by atoms with Gasteiger partial charge in [-0.15, -0.1) is 0 Å². The van der Waals surface area contributed by atoms with E-state index in [1.54, 1.807) is 12.4 Å². The summed E-state index contributed by atoms with van der Waals surface area (Å²) in [6, 6.07) is 18.2. The van der Waals surface area contributed by atoms with Gasteiger partial charge in [-0.25, -0.2) is 15.0 Å². The van der Waals surface area contributed by atoms with Crippen molar-refractivity contribution in [1.82, 2.24) is 19.9 Å². The third-order valence-electron chi connectivity index (χ3n) is 5.46. The van der Waals surface area contributed by atoms with E-state index in [0.29, 0.717) is 17.5 Å². The molecule has 0 bridgehead atoms. The summed E-state index contributed by atoms with van der Waals surface area (Å²) >= 11 is 0. The Kier molecular flexibility index (Phi) is 5.46. The standard InChI is InChI=1S/C25H25N5O/c1-18-10-11-26-24(14-18)29-23-9-5-8-21(28-23)22-16-27-25(31-22)20-7-4-6-19(15-20)17-30-12-2-3-13-30/h4-11,14-16H,2-3,12-13,17H2,1H3,(H,26,28,29). The lowest BCUT2D eigenvalue weighted by molar-refractivity contribution is 0.331. The van der Waals surface area contributed by atoms with Crippen LogP contribution in [0.25, 0.3) is 22.9 Å². The van der Waals surface area contributed by atoms with E-state index >= 15 is 0 Å². The van der Waals surface area contributed by atoms with Gasteiger partial charge in [0.2, 0.25) is 5.89 Å². The van der Waals surface area contributed by atoms with Crippen LogP contribution in [0.2, 0.25) is 0 Å². The fourth-order valence-corrected chi connectivity index (χ4v) is 3.90. The first kappa shape index (κ1) is 19.5. The lowest BCUT2D eigenvalue weighted by Gasteiger charge is -2.14. The average Bonchev–Trinajstić information content (AvgIpc) is 3.47. The number of benzene rings is 1. The fraction of sp³-hybridized carbons (Fsp3) is 0.240. The fourth-order valence-electron chi connectivity index (χ4n) is 3.90. The van der Waals surface area contributed by atoms with E-state index in [9.17, 15) is 0 Å². The molecule has 1 N–H and O–H groups in total. The molecule has 3 aromatic heterocycles.